The molecule has 1 unspecified atom stereocenters. The molecule has 0 amide bonds. The summed E-state index contributed by atoms with van der Waals surface area (Å²) in [7, 11) is 1.36. The minimum Gasteiger partial charge on any atom is -0.469 e. The van der Waals surface area contributed by atoms with Crippen LogP contribution in [0, 0.1) is 17.8 Å². The van der Waals surface area contributed by atoms with Gasteiger partial charge in [-0.3, -0.25) is 4.79 Å². The number of ether oxygens (including phenoxy) is 1. The molecule has 2 aliphatic rings. The van der Waals surface area contributed by atoms with Gasteiger partial charge in [0, 0.05) is 25.6 Å². The zero-order valence-corrected chi connectivity index (χ0v) is 16.7. The van der Waals surface area contributed by atoms with Crippen LogP contribution < -0.4 is 10.2 Å². The lowest BCUT2D eigenvalue weighted by Gasteiger charge is -2.23. The number of aromatic nitrogens is 2. The summed E-state index contributed by atoms with van der Waals surface area (Å²) < 4.78 is 45.0. The standard InChI is InChI=1S/C21H23F3N4O2/c1-12(13-6-4-3-5-7-13)25-20-26-17(21(22,23)24)9-18(27-20)28-10-15-14(16(15)11-28)8-19(29)30-2/h3-7,9,12,14-16H,8,10-11H2,1-2H3,(H,25,26,27)/t12-,14?,15-,16+/m0/s1. The van der Waals surface area contributed by atoms with Crippen molar-refractivity contribution in [2.75, 3.05) is 30.4 Å². The molecule has 6 nitrogen and oxygen atoms in total. The highest BCUT2D eigenvalue weighted by molar-refractivity contribution is 5.70. The fourth-order valence-electron chi connectivity index (χ4n) is 4.24. The molecular formula is C21H23F3N4O2. The van der Waals surface area contributed by atoms with Crippen LogP contribution in [0.3, 0.4) is 0 Å². The smallest absolute Gasteiger partial charge is 0.433 e. The Kier molecular flexibility index (Phi) is 5.29. The first kappa shape index (κ1) is 20.4. The number of nitrogens with one attached hydrogen (secondary N) is 1. The molecule has 4 atom stereocenters. The van der Waals surface area contributed by atoms with Gasteiger partial charge in [0.2, 0.25) is 5.95 Å². The molecule has 4 rings (SSSR count). The molecule has 1 aromatic carbocycles. The van der Waals surface area contributed by atoms with Gasteiger partial charge in [-0.25, -0.2) is 4.98 Å². The molecule has 0 spiro atoms. The van der Waals surface area contributed by atoms with Crippen molar-refractivity contribution in [3.8, 4) is 0 Å². The lowest BCUT2D eigenvalue weighted by molar-refractivity contribution is -0.142. The number of methoxy groups -OCH3 is 1. The number of hydrogen-bond acceptors (Lipinski definition) is 6. The van der Waals surface area contributed by atoms with Crippen molar-refractivity contribution in [3.05, 3.63) is 47.7 Å². The average molecular weight is 420 g/mol. The Morgan fingerprint density at radius 2 is 1.90 bits per heavy atom. The predicted molar refractivity (Wildman–Crippen MR) is 105 cm³/mol. The van der Waals surface area contributed by atoms with Gasteiger partial charge in [0.1, 0.15) is 5.82 Å². The average Bonchev–Trinajstić information content (AvgIpc) is 3.15. The zero-order chi connectivity index (χ0) is 21.5. The van der Waals surface area contributed by atoms with Crippen LogP contribution in [0.5, 0.6) is 0 Å². The van der Waals surface area contributed by atoms with Crippen molar-refractivity contribution in [1.82, 2.24) is 9.97 Å². The molecule has 1 saturated carbocycles. The topological polar surface area (TPSA) is 67.3 Å². The van der Waals surface area contributed by atoms with Crippen LogP contribution in [-0.2, 0) is 15.7 Å². The normalized spacial score (nSPS) is 23.6. The number of anilines is 2. The van der Waals surface area contributed by atoms with Gasteiger partial charge in [-0.15, -0.1) is 0 Å². The monoisotopic (exact) mass is 420 g/mol. The van der Waals surface area contributed by atoms with Crippen molar-refractivity contribution in [1.29, 1.82) is 0 Å². The molecular weight excluding hydrogens is 397 g/mol. The zero-order valence-electron chi connectivity index (χ0n) is 16.7. The molecule has 1 saturated heterocycles. The molecule has 2 aromatic rings. The first-order valence-electron chi connectivity index (χ1n) is 9.85. The molecule has 1 aliphatic heterocycles. The van der Waals surface area contributed by atoms with Crippen molar-refractivity contribution in [2.24, 2.45) is 17.8 Å². The van der Waals surface area contributed by atoms with E-state index in [1.54, 1.807) is 0 Å². The first-order valence-corrected chi connectivity index (χ1v) is 9.85. The van der Waals surface area contributed by atoms with E-state index in [9.17, 15) is 18.0 Å². The van der Waals surface area contributed by atoms with Crippen molar-refractivity contribution >= 4 is 17.7 Å². The summed E-state index contributed by atoms with van der Waals surface area (Å²) in [4.78, 5) is 21.4. The molecule has 9 heteroatoms. The van der Waals surface area contributed by atoms with Gasteiger partial charge in [-0.1, -0.05) is 30.3 Å². The molecule has 2 fully saturated rings. The number of carbonyl (C=O) groups excluding carboxylic acids is 1. The molecule has 0 radical (unpaired) electrons. The number of piperidine rings is 1. The van der Waals surface area contributed by atoms with Crippen LogP contribution in [0.1, 0.15) is 30.6 Å². The van der Waals surface area contributed by atoms with E-state index in [1.807, 2.05) is 42.2 Å². The van der Waals surface area contributed by atoms with Gasteiger partial charge in [-0.2, -0.15) is 18.2 Å². The van der Waals surface area contributed by atoms with Crippen molar-refractivity contribution < 1.29 is 22.7 Å². The van der Waals surface area contributed by atoms with Crippen LogP contribution in [0.2, 0.25) is 0 Å². The fourth-order valence-corrected chi connectivity index (χ4v) is 4.24. The molecule has 1 N–H and O–H groups in total. The summed E-state index contributed by atoms with van der Waals surface area (Å²) in [5.74, 6) is 0.769. The second-order valence-corrected chi connectivity index (χ2v) is 7.89. The van der Waals surface area contributed by atoms with Crippen molar-refractivity contribution in [2.45, 2.75) is 25.6 Å². The third-order valence-corrected chi connectivity index (χ3v) is 5.97. The predicted octanol–water partition coefficient (Wildman–Crippen LogP) is 3.91. The number of alkyl halides is 3. The number of esters is 1. The Morgan fingerprint density at radius 3 is 2.50 bits per heavy atom. The van der Waals surface area contributed by atoms with Gasteiger partial charge >= 0.3 is 12.1 Å². The van der Waals surface area contributed by atoms with Gasteiger partial charge in [0.15, 0.2) is 5.69 Å². The second kappa shape index (κ2) is 7.77. The van der Waals surface area contributed by atoms with E-state index < -0.39 is 11.9 Å². The van der Waals surface area contributed by atoms with Crippen molar-refractivity contribution in [3.63, 3.8) is 0 Å². The number of carbonyl (C=O) groups is 1. The van der Waals surface area contributed by atoms with E-state index in [2.05, 4.69) is 15.3 Å². The fraction of sp³-hybridized carbons (Fsp3) is 0.476. The lowest BCUT2D eigenvalue weighted by Crippen LogP contribution is -2.27. The number of rotatable bonds is 6. The van der Waals surface area contributed by atoms with Crippen LogP contribution in [0.15, 0.2) is 36.4 Å². The maximum Gasteiger partial charge on any atom is 0.433 e. The van der Waals surface area contributed by atoms with Gasteiger partial charge in [0.25, 0.3) is 0 Å². The maximum atomic E-state index is 13.4. The van der Waals surface area contributed by atoms with E-state index in [0.717, 1.165) is 11.6 Å². The molecule has 2 heterocycles. The number of halogens is 3. The minimum absolute atomic E-state index is 0.0529. The maximum absolute atomic E-state index is 13.4. The Labute approximate surface area is 172 Å². The SMILES string of the molecule is COC(=O)CC1[C@H]2CN(c3cc(C(F)(F)F)nc(N[C@@H](C)c4ccccc4)n3)C[C@@H]12. The third-order valence-electron chi connectivity index (χ3n) is 5.97. The second-order valence-electron chi connectivity index (χ2n) is 7.89. The van der Waals surface area contributed by atoms with E-state index in [4.69, 9.17) is 4.74 Å². The Balaban J connectivity index is 1.51. The lowest BCUT2D eigenvalue weighted by atomic mass is 10.1. The van der Waals surface area contributed by atoms with E-state index in [0.29, 0.717) is 19.5 Å². The number of hydrogen-bond donors (Lipinski definition) is 1. The molecule has 30 heavy (non-hydrogen) atoms. The summed E-state index contributed by atoms with van der Waals surface area (Å²) in [6.45, 7) is 3.00. The molecule has 0 bridgehead atoms. The van der Waals surface area contributed by atoms with E-state index in [1.165, 1.54) is 7.11 Å². The first-order chi connectivity index (χ1) is 14.3. The van der Waals surface area contributed by atoms with Gasteiger partial charge < -0.3 is 15.0 Å². The summed E-state index contributed by atoms with van der Waals surface area (Å²) in [5.41, 5.74) is -0.0462. The minimum atomic E-state index is -4.57. The van der Waals surface area contributed by atoms with E-state index >= 15 is 0 Å². The summed E-state index contributed by atoms with van der Waals surface area (Å²) >= 11 is 0. The Morgan fingerprint density at radius 1 is 1.23 bits per heavy atom. The van der Waals surface area contributed by atoms with Crippen LogP contribution in [0.25, 0.3) is 0 Å². The van der Waals surface area contributed by atoms with Crippen LogP contribution in [0.4, 0.5) is 24.9 Å². The molecule has 160 valence electrons. The summed E-state index contributed by atoms with van der Waals surface area (Å²) in [6, 6.07) is 10.1. The highest BCUT2D eigenvalue weighted by Crippen LogP contribution is 2.54. The highest BCUT2D eigenvalue weighted by atomic mass is 19.4. The summed E-state index contributed by atoms with van der Waals surface area (Å²) in [6.07, 6.45) is -4.21. The van der Waals surface area contributed by atoms with Crippen LogP contribution >= 0.6 is 0 Å². The largest absolute Gasteiger partial charge is 0.469 e. The highest BCUT2D eigenvalue weighted by Gasteiger charge is 2.56. The Hall–Kier alpha value is -2.84. The van der Waals surface area contributed by atoms with Crippen LogP contribution in [-0.4, -0.2) is 36.1 Å². The van der Waals surface area contributed by atoms with E-state index in [-0.39, 0.29) is 41.5 Å². The molecule has 1 aromatic heterocycles. The van der Waals surface area contributed by atoms with Gasteiger partial charge in [0.05, 0.1) is 13.2 Å². The number of benzene rings is 1. The third kappa shape index (κ3) is 4.20. The number of nitrogens with zero attached hydrogens (tertiary/aromatic N) is 3. The quantitative estimate of drug-likeness (QED) is 0.715. The molecule has 1 aliphatic carbocycles. The Bertz CT molecular complexity index is 910. The summed E-state index contributed by atoms with van der Waals surface area (Å²) in [5, 5.41) is 2.99. The van der Waals surface area contributed by atoms with Gasteiger partial charge in [-0.05, 0) is 30.2 Å². The number of fused-ring (bicyclic) bond motifs is 1.